The Labute approximate surface area is 144 Å². The molecule has 10 heteroatoms. The molecule has 2 aromatic rings. The predicted molar refractivity (Wildman–Crippen MR) is 83.5 cm³/mol. The zero-order chi connectivity index (χ0) is 19.3. The van der Waals surface area contributed by atoms with Crippen LogP contribution < -0.4 is 16.0 Å². The van der Waals surface area contributed by atoms with E-state index >= 15 is 0 Å². The molecule has 0 atom stereocenters. The Morgan fingerprint density at radius 2 is 1.58 bits per heavy atom. The number of hydrogen-bond acceptors (Lipinski definition) is 2. The third kappa shape index (κ3) is 5.43. The molecule has 2 aromatic carbocycles. The van der Waals surface area contributed by atoms with Gasteiger partial charge in [-0.3, -0.25) is 4.79 Å². The van der Waals surface area contributed by atoms with Crippen LogP contribution >= 0.6 is 0 Å². The Morgan fingerprint density at radius 1 is 0.923 bits per heavy atom. The van der Waals surface area contributed by atoms with E-state index in [0.29, 0.717) is 6.07 Å². The van der Waals surface area contributed by atoms with Crippen molar-refractivity contribution in [2.24, 2.45) is 0 Å². The first kappa shape index (κ1) is 19.2. The first-order valence-corrected chi connectivity index (χ1v) is 7.12. The summed E-state index contributed by atoms with van der Waals surface area (Å²) in [7, 11) is 0. The maximum absolute atomic E-state index is 13.4. The van der Waals surface area contributed by atoms with Gasteiger partial charge in [0, 0.05) is 11.8 Å². The molecular weight excluding hydrogens is 361 g/mol. The summed E-state index contributed by atoms with van der Waals surface area (Å²) in [4.78, 5) is 23.2. The zero-order valence-electron chi connectivity index (χ0n) is 13.0. The van der Waals surface area contributed by atoms with Crippen LogP contribution in [0.3, 0.4) is 0 Å². The van der Waals surface area contributed by atoms with Crippen molar-refractivity contribution >= 4 is 23.3 Å². The van der Waals surface area contributed by atoms with Crippen molar-refractivity contribution in [2.45, 2.75) is 6.18 Å². The molecule has 0 unspecified atom stereocenters. The number of hydrogen-bond donors (Lipinski definition) is 3. The lowest BCUT2D eigenvalue weighted by Gasteiger charge is -2.10. The van der Waals surface area contributed by atoms with Crippen LogP contribution in [0.25, 0.3) is 0 Å². The van der Waals surface area contributed by atoms with Gasteiger partial charge >= 0.3 is 12.2 Å². The van der Waals surface area contributed by atoms with Crippen LogP contribution in [0.1, 0.15) is 5.56 Å². The molecule has 0 aliphatic carbocycles. The third-order valence-electron chi connectivity index (χ3n) is 3.08. The van der Waals surface area contributed by atoms with Crippen LogP contribution in [0.5, 0.6) is 0 Å². The fourth-order valence-electron chi connectivity index (χ4n) is 1.87. The molecule has 26 heavy (non-hydrogen) atoms. The largest absolute Gasteiger partial charge is 0.416 e. The van der Waals surface area contributed by atoms with E-state index in [1.807, 2.05) is 0 Å². The molecular formula is C16H12F5N3O2. The Hall–Kier alpha value is -3.17. The summed E-state index contributed by atoms with van der Waals surface area (Å²) in [6, 6.07) is 5.33. The van der Waals surface area contributed by atoms with Crippen LogP contribution in [0.2, 0.25) is 0 Å². The number of rotatable bonds is 4. The van der Waals surface area contributed by atoms with E-state index in [9.17, 15) is 31.5 Å². The lowest BCUT2D eigenvalue weighted by Crippen LogP contribution is -2.36. The fraction of sp³-hybridized carbons (Fsp3) is 0.125. The highest BCUT2D eigenvalue weighted by Crippen LogP contribution is 2.29. The van der Waals surface area contributed by atoms with Crippen LogP contribution in [-0.4, -0.2) is 18.5 Å². The number of urea groups is 1. The van der Waals surface area contributed by atoms with Crippen molar-refractivity contribution in [3.63, 3.8) is 0 Å². The highest BCUT2D eigenvalue weighted by molar-refractivity contribution is 5.96. The van der Waals surface area contributed by atoms with E-state index in [1.54, 1.807) is 0 Å². The van der Waals surface area contributed by atoms with Gasteiger partial charge in [-0.05, 0) is 36.4 Å². The number of amides is 3. The normalized spacial score (nSPS) is 11.0. The van der Waals surface area contributed by atoms with Gasteiger partial charge in [-0.15, -0.1) is 0 Å². The molecule has 0 aliphatic heterocycles. The molecule has 138 valence electrons. The second-order valence-corrected chi connectivity index (χ2v) is 5.06. The molecule has 0 fully saturated rings. The number of carbonyl (C=O) groups is 2. The number of carbonyl (C=O) groups excluding carboxylic acids is 2. The van der Waals surface area contributed by atoms with Crippen molar-refractivity contribution in [1.82, 2.24) is 5.32 Å². The average Bonchev–Trinajstić information content (AvgIpc) is 2.55. The Balaban J connectivity index is 1.83. The smallest absolute Gasteiger partial charge is 0.329 e. The summed E-state index contributed by atoms with van der Waals surface area (Å²) < 4.78 is 63.4. The monoisotopic (exact) mass is 373 g/mol. The van der Waals surface area contributed by atoms with Gasteiger partial charge < -0.3 is 16.0 Å². The number of alkyl halides is 3. The highest BCUT2D eigenvalue weighted by atomic mass is 19.4. The van der Waals surface area contributed by atoms with Crippen molar-refractivity contribution < 1.29 is 31.5 Å². The molecule has 0 bridgehead atoms. The van der Waals surface area contributed by atoms with Crippen LogP contribution in [0.15, 0.2) is 42.5 Å². The molecule has 3 N–H and O–H groups in total. The summed E-state index contributed by atoms with van der Waals surface area (Å²) in [6.07, 6.45) is -4.49. The minimum Gasteiger partial charge on any atom is -0.329 e. The predicted octanol–water partition coefficient (Wildman–Crippen LogP) is 3.74. The van der Waals surface area contributed by atoms with Gasteiger partial charge in [0.1, 0.15) is 11.6 Å². The SMILES string of the molecule is O=C(CNC(=O)Nc1ccc(F)cc1F)Nc1ccc(C(F)(F)F)cc1. The maximum atomic E-state index is 13.4. The van der Waals surface area contributed by atoms with Crippen molar-refractivity contribution in [3.05, 3.63) is 59.7 Å². The van der Waals surface area contributed by atoms with Gasteiger partial charge in [-0.2, -0.15) is 13.2 Å². The van der Waals surface area contributed by atoms with E-state index in [0.717, 1.165) is 36.4 Å². The summed E-state index contributed by atoms with van der Waals surface area (Å²) in [5.74, 6) is -2.52. The van der Waals surface area contributed by atoms with Crippen molar-refractivity contribution in [3.8, 4) is 0 Å². The number of benzene rings is 2. The second-order valence-electron chi connectivity index (χ2n) is 5.06. The van der Waals surface area contributed by atoms with Crippen molar-refractivity contribution in [1.29, 1.82) is 0 Å². The standard InChI is InChI=1S/C16H12F5N3O2/c17-10-3-6-13(12(18)7-10)24-15(26)22-8-14(25)23-11-4-1-9(2-5-11)16(19,20)21/h1-7H,8H2,(H,23,25)(H2,22,24,26). The molecule has 0 saturated heterocycles. The van der Waals surface area contributed by atoms with Crippen LogP contribution in [0.4, 0.5) is 38.1 Å². The molecule has 0 aliphatic rings. The van der Waals surface area contributed by atoms with Crippen LogP contribution in [-0.2, 0) is 11.0 Å². The van der Waals surface area contributed by atoms with E-state index in [-0.39, 0.29) is 11.4 Å². The van der Waals surface area contributed by atoms with Gasteiger partial charge in [0.25, 0.3) is 0 Å². The Kier molecular flexibility index (Phi) is 5.75. The Morgan fingerprint density at radius 3 is 2.15 bits per heavy atom. The molecule has 0 spiro atoms. The minimum absolute atomic E-state index is 0.106. The topological polar surface area (TPSA) is 70.2 Å². The molecule has 0 heterocycles. The molecule has 5 nitrogen and oxygen atoms in total. The highest BCUT2D eigenvalue weighted by Gasteiger charge is 2.29. The van der Waals surface area contributed by atoms with Gasteiger partial charge in [-0.1, -0.05) is 0 Å². The van der Waals surface area contributed by atoms with Crippen LogP contribution in [0, 0.1) is 11.6 Å². The van der Waals surface area contributed by atoms with E-state index in [4.69, 9.17) is 0 Å². The molecule has 0 saturated carbocycles. The first-order valence-electron chi connectivity index (χ1n) is 7.12. The minimum atomic E-state index is -4.49. The van der Waals surface area contributed by atoms with E-state index in [1.165, 1.54) is 0 Å². The quantitative estimate of drug-likeness (QED) is 0.715. The maximum Gasteiger partial charge on any atom is 0.416 e. The van der Waals surface area contributed by atoms with Gasteiger partial charge in [0.15, 0.2) is 0 Å². The zero-order valence-corrected chi connectivity index (χ0v) is 13.0. The lowest BCUT2D eigenvalue weighted by molar-refractivity contribution is -0.137. The molecule has 2 rings (SSSR count). The Bertz CT molecular complexity index is 807. The second kappa shape index (κ2) is 7.81. The summed E-state index contributed by atoms with van der Waals surface area (Å²) in [6.45, 7) is -0.518. The van der Waals surface area contributed by atoms with Gasteiger partial charge in [0.05, 0.1) is 17.8 Å². The van der Waals surface area contributed by atoms with E-state index < -0.39 is 41.9 Å². The molecule has 3 amide bonds. The third-order valence-corrected chi connectivity index (χ3v) is 3.08. The van der Waals surface area contributed by atoms with E-state index in [2.05, 4.69) is 16.0 Å². The van der Waals surface area contributed by atoms with Crippen molar-refractivity contribution in [2.75, 3.05) is 17.2 Å². The molecule has 0 aromatic heterocycles. The first-order chi connectivity index (χ1) is 12.1. The molecule has 0 radical (unpaired) electrons. The summed E-state index contributed by atoms with van der Waals surface area (Å²) >= 11 is 0. The lowest BCUT2D eigenvalue weighted by atomic mass is 10.2. The summed E-state index contributed by atoms with van der Waals surface area (Å²) in [5.41, 5.74) is -1.05. The average molecular weight is 373 g/mol. The number of nitrogens with one attached hydrogen (secondary N) is 3. The number of halogens is 5. The van der Waals surface area contributed by atoms with Gasteiger partial charge in [0.2, 0.25) is 5.91 Å². The summed E-state index contributed by atoms with van der Waals surface area (Å²) in [5, 5.41) is 6.50. The fourth-order valence-corrected chi connectivity index (χ4v) is 1.87. The number of anilines is 2. The van der Waals surface area contributed by atoms with Gasteiger partial charge in [-0.25, -0.2) is 13.6 Å².